The first-order valence-corrected chi connectivity index (χ1v) is 8.37. The number of rotatable bonds is 3. The van der Waals surface area contributed by atoms with Gasteiger partial charge in [-0.2, -0.15) is 0 Å². The maximum atomic E-state index is 4.82. The molecule has 4 nitrogen and oxygen atoms in total. The van der Waals surface area contributed by atoms with Crippen molar-refractivity contribution in [3.8, 4) is 11.3 Å². The van der Waals surface area contributed by atoms with Crippen molar-refractivity contribution in [2.45, 2.75) is 20.8 Å². The molecule has 4 aromatic rings. The van der Waals surface area contributed by atoms with Crippen LogP contribution in [0.1, 0.15) is 17.0 Å². The van der Waals surface area contributed by atoms with E-state index in [1.54, 1.807) is 0 Å². The van der Waals surface area contributed by atoms with E-state index in [0.717, 1.165) is 34.2 Å². The van der Waals surface area contributed by atoms with E-state index in [2.05, 4.69) is 71.0 Å². The molecule has 0 amide bonds. The number of nitrogens with zero attached hydrogens (tertiary/aromatic N) is 3. The number of hydrogen-bond acceptors (Lipinski definition) is 3. The smallest absolute Gasteiger partial charge is 0.236 e. The summed E-state index contributed by atoms with van der Waals surface area (Å²) in [6.07, 6.45) is 0. The molecule has 25 heavy (non-hydrogen) atoms. The Kier molecular flexibility index (Phi) is 3.73. The highest BCUT2D eigenvalue weighted by Crippen LogP contribution is 2.31. The number of aromatic nitrogens is 3. The summed E-state index contributed by atoms with van der Waals surface area (Å²) >= 11 is 0. The number of nitrogens with one attached hydrogen (secondary N) is 1. The van der Waals surface area contributed by atoms with Gasteiger partial charge in [0.05, 0.1) is 0 Å². The molecule has 2 aromatic heterocycles. The van der Waals surface area contributed by atoms with Crippen LogP contribution in [-0.2, 0) is 0 Å². The Morgan fingerprint density at radius 3 is 2.28 bits per heavy atom. The molecule has 0 unspecified atom stereocenters. The van der Waals surface area contributed by atoms with Gasteiger partial charge in [-0.3, -0.25) is 4.40 Å². The fraction of sp³-hybridized carbons (Fsp3) is 0.143. The van der Waals surface area contributed by atoms with Crippen molar-refractivity contribution in [3.63, 3.8) is 0 Å². The van der Waals surface area contributed by atoms with Crippen LogP contribution in [0.4, 0.5) is 11.5 Å². The van der Waals surface area contributed by atoms with E-state index in [1.807, 2.05) is 25.1 Å². The third kappa shape index (κ3) is 2.87. The lowest BCUT2D eigenvalue weighted by atomic mass is 10.1. The van der Waals surface area contributed by atoms with Gasteiger partial charge in [0.25, 0.3) is 0 Å². The van der Waals surface area contributed by atoms with Gasteiger partial charge in [-0.05, 0) is 39.0 Å². The quantitative estimate of drug-likeness (QED) is 0.571. The number of aryl methyl sites for hydroxylation is 3. The van der Waals surface area contributed by atoms with E-state index >= 15 is 0 Å². The minimum Gasteiger partial charge on any atom is -0.339 e. The Morgan fingerprint density at radius 1 is 0.840 bits per heavy atom. The second-order valence-electron chi connectivity index (χ2n) is 6.34. The zero-order valence-electron chi connectivity index (χ0n) is 14.6. The lowest BCUT2D eigenvalue weighted by Gasteiger charge is -2.11. The molecule has 0 aliphatic carbocycles. The van der Waals surface area contributed by atoms with Gasteiger partial charge in [0.15, 0.2) is 0 Å². The molecule has 4 heteroatoms. The third-order valence-electron chi connectivity index (χ3n) is 4.27. The molecule has 0 saturated heterocycles. The van der Waals surface area contributed by atoms with Crippen LogP contribution in [0.15, 0.2) is 60.7 Å². The molecule has 0 aliphatic rings. The Bertz CT molecular complexity index is 1030. The Morgan fingerprint density at radius 2 is 1.56 bits per heavy atom. The van der Waals surface area contributed by atoms with Gasteiger partial charge in [-0.1, -0.05) is 48.0 Å². The highest BCUT2D eigenvalue weighted by molar-refractivity contribution is 5.79. The van der Waals surface area contributed by atoms with Gasteiger partial charge in [0.1, 0.15) is 11.5 Å². The molecule has 0 bridgehead atoms. The summed E-state index contributed by atoms with van der Waals surface area (Å²) in [5.41, 5.74) is 6.31. The molecule has 2 aromatic carbocycles. The van der Waals surface area contributed by atoms with E-state index in [4.69, 9.17) is 4.98 Å². The highest BCUT2D eigenvalue weighted by Gasteiger charge is 2.17. The molecule has 1 N–H and O–H groups in total. The summed E-state index contributed by atoms with van der Waals surface area (Å²) in [4.78, 5) is 9.43. The molecular weight excluding hydrogens is 308 g/mol. The molecule has 0 fully saturated rings. The van der Waals surface area contributed by atoms with Crippen molar-refractivity contribution in [3.05, 3.63) is 77.6 Å². The highest BCUT2D eigenvalue weighted by atomic mass is 15.2. The Hall–Kier alpha value is -3.14. The second kappa shape index (κ2) is 6.06. The van der Waals surface area contributed by atoms with Crippen molar-refractivity contribution < 1.29 is 0 Å². The molecule has 0 aliphatic heterocycles. The number of fused-ring (bicyclic) bond motifs is 1. The minimum absolute atomic E-state index is 0.714. The van der Waals surface area contributed by atoms with Gasteiger partial charge in [0, 0.05) is 22.6 Å². The molecule has 2 heterocycles. The number of para-hydroxylation sites is 1. The lowest BCUT2D eigenvalue weighted by molar-refractivity contribution is 1.02. The number of benzene rings is 2. The van der Waals surface area contributed by atoms with Crippen molar-refractivity contribution >= 4 is 17.3 Å². The first kappa shape index (κ1) is 15.4. The second-order valence-corrected chi connectivity index (χ2v) is 6.34. The molecule has 4 rings (SSSR count). The summed E-state index contributed by atoms with van der Waals surface area (Å²) < 4.78 is 2.08. The van der Waals surface area contributed by atoms with E-state index in [0.29, 0.717) is 5.78 Å². The van der Waals surface area contributed by atoms with Gasteiger partial charge in [0.2, 0.25) is 5.78 Å². The van der Waals surface area contributed by atoms with Crippen LogP contribution in [0.2, 0.25) is 0 Å². The summed E-state index contributed by atoms with van der Waals surface area (Å²) in [6.45, 7) is 6.17. The largest absolute Gasteiger partial charge is 0.339 e. The number of imidazole rings is 1. The van der Waals surface area contributed by atoms with Crippen LogP contribution >= 0.6 is 0 Å². The van der Waals surface area contributed by atoms with Gasteiger partial charge < -0.3 is 5.32 Å². The summed E-state index contributed by atoms with van der Waals surface area (Å²) in [5.74, 6) is 1.65. The van der Waals surface area contributed by atoms with Crippen molar-refractivity contribution in [2.24, 2.45) is 0 Å². The van der Waals surface area contributed by atoms with E-state index in [1.165, 1.54) is 5.56 Å². The standard InChI is InChI=1S/C21H20N4/c1-14-9-11-17(12-10-14)19-20(23-18-7-5-4-6-8-18)25-16(3)13-15(2)22-21(25)24-19/h4-13,23H,1-3H3. The monoisotopic (exact) mass is 328 g/mol. The fourth-order valence-electron chi connectivity index (χ4n) is 3.06. The van der Waals surface area contributed by atoms with Crippen LogP contribution in [0.3, 0.4) is 0 Å². The summed E-state index contributed by atoms with van der Waals surface area (Å²) in [7, 11) is 0. The summed E-state index contributed by atoms with van der Waals surface area (Å²) in [6, 6.07) is 20.7. The maximum absolute atomic E-state index is 4.82. The van der Waals surface area contributed by atoms with E-state index in [9.17, 15) is 0 Å². The van der Waals surface area contributed by atoms with Gasteiger partial charge >= 0.3 is 0 Å². The zero-order valence-corrected chi connectivity index (χ0v) is 14.6. The van der Waals surface area contributed by atoms with Gasteiger partial charge in [-0.15, -0.1) is 0 Å². The number of hydrogen-bond donors (Lipinski definition) is 1. The Labute approximate surface area is 147 Å². The molecule has 124 valence electrons. The SMILES string of the molecule is Cc1ccc(-c2nc3nc(C)cc(C)n3c2Nc2ccccc2)cc1. The average molecular weight is 328 g/mol. The molecular formula is C21H20N4. The average Bonchev–Trinajstić information content (AvgIpc) is 2.95. The van der Waals surface area contributed by atoms with Crippen LogP contribution in [0, 0.1) is 20.8 Å². The molecule has 0 spiro atoms. The normalized spacial score (nSPS) is 11.0. The topological polar surface area (TPSA) is 42.2 Å². The van der Waals surface area contributed by atoms with Crippen LogP contribution in [-0.4, -0.2) is 14.4 Å². The fourth-order valence-corrected chi connectivity index (χ4v) is 3.06. The summed E-state index contributed by atoms with van der Waals surface area (Å²) in [5, 5.41) is 3.53. The number of anilines is 2. The molecule has 0 saturated carbocycles. The van der Waals surface area contributed by atoms with Crippen molar-refractivity contribution in [2.75, 3.05) is 5.32 Å². The van der Waals surface area contributed by atoms with Crippen LogP contribution in [0.25, 0.3) is 17.0 Å². The lowest BCUT2D eigenvalue weighted by Crippen LogP contribution is -2.01. The van der Waals surface area contributed by atoms with Gasteiger partial charge in [-0.25, -0.2) is 9.97 Å². The predicted octanol–water partition coefficient (Wildman–Crippen LogP) is 5.07. The first-order chi connectivity index (χ1) is 12.1. The van der Waals surface area contributed by atoms with Crippen molar-refractivity contribution in [1.29, 1.82) is 0 Å². The minimum atomic E-state index is 0.714. The van der Waals surface area contributed by atoms with Crippen LogP contribution in [0.5, 0.6) is 0 Å². The van der Waals surface area contributed by atoms with Crippen LogP contribution < -0.4 is 5.32 Å². The van der Waals surface area contributed by atoms with E-state index in [-0.39, 0.29) is 0 Å². The molecule has 0 atom stereocenters. The van der Waals surface area contributed by atoms with E-state index < -0.39 is 0 Å². The first-order valence-electron chi connectivity index (χ1n) is 8.37. The molecule has 0 radical (unpaired) electrons. The third-order valence-corrected chi connectivity index (χ3v) is 4.27. The predicted molar refractivity (Wildman–Crippen MR) is 102 cm³/mol. The Balaban J connectivity index is 1.96. The maximum Gasteiger partial charge on any atom is 0.236 e. The van der Waals surface area contributed by atoms with Crippen molar-refractivity contribution in [1.82, 2.24) is 14.4 Å². The zero-order chi connectivity index (χ0) is 17.4.